The molecule has 0 amide bonds. The van der Waals surface area contributed by atoms with Gasteiger partial charge in [0.2, 0.25) is 0 Å². The molecule has 9 heteroatoms. The van der Waals surface area contributed by atoms with E-state index in [1.807, 2.05) is 36.6 Å². The first kappa shape index (κ1) is 23.7. The standard InChI is InChI=1S/C30H31N7O2/c1-30(2)11-10-20-15-31-37(28(20)30)22-9-5-7-19(13-22)18-6-4-8-21(12-18)36-27(25(16-32-36)29(38)39)24-14-23(24)26-17-35(3)34-33-26/h4-9,12-13,15-17,23-24,33-34H,10-11,14H2,1-3H3,(H,38,39)/t23-,24-/m1/s1. The van der Waals surface area contributed by atoms with Gasteiger partial charge in [0, 0.05) is 36.2 Å². The van der Waals surface area contributed by atoms with Gasteiger partial charge in [-0.15, -0.1) is 5.53 Å². The molecule has 2 aromatic heterocycles. The molecule has 3 aliphatic rings. The van der Waals surface area contributed by atoms with E-state index in [9.17, 15) is 9.90 Å². The van der Waals surface area contributed by atoms with Gasteiger partial charge in [0.25, 0.3) is 0 Å². The number of allylic oxidation sites excluding steroid dienone is 1. The summed E-state index contributed by atoms with van der Waals surface area (Å²) in [5, 5.41) is 21.1. The van der Waals surface area contributed by atoms with Crippen molar-refractivity contribution in [1.82, 2.24) is 35.5 Å². The fourth-order valence-electron chi connectivity index (χ4n) is 6.22. The van der Waals surface area contributed by atoms with Crippen LogP contribution in [-0.4, -0.2) is 42.7 Å². The number of carbonyl (C=O) groups is 1. The topological polar surface area (TPSA) is 100 Å². The Morgan fingerprint density at radius 3 is 2.36 bits per heavy atom. The van der Waals surface area contributed by atoms with Crippen LogP contribution in [0.5, 0.6) is 0 Å². The van der Waals surface area contributed by atoms with Crippen molar-refractivity contribution in [3.05, 3.63) is 95.3 Å². The number of carboxylic acids is 1. The number of hydrogen-bond donors (Lipinski definition) is 3. The van der Waals surface area contributed by atoms with Gasteiger partial charge in [0.1, 0.15) is 5.56 Å². The van der Waals surface area contributed by atoms with Crippen molar-refractivity contribution in [1.29, 1.82) is 0 Å². The summed E-state index contributed by atoms with van der Waals surface area (Å²) < 4.78 is 3.89. The summed E-state index contributed by atoms with van der Waals surface area (Å²) in [6, 6.07) is 16.6. The highest BCUT2D eigenvalue weighted by molar-refractivity contribution is 5.89. The lowest BCUT2D eigenvalue weighted by Gasteiger charge is -2.21. The SMILES string of the molecule is CN1C=C([C@@H]2C[C@H]2c2c(C(=O)O)cnn2-c2cccc(-c3cccc(-n4ncc5c4C(C)(C)CC5)c3)c2)NN1. The summed E-state index contributed by atoms with van der Waals surface area (Å²) in [4.78, 5) is 12.1. The number of hydrazine groups is 2. The Kier molecular flexibility index (Phi) is 5.21. The Bertz CT molecular complexity index is 1650. The zero-order chi connectivity index (χ0) is 26.9. The molecule has 0 radical (unpaired) electrons. The molecule has 0 saturated heterocycles. The second-order valence-corrected chi connectivity index (χ2v) is 11.5. The van der Waals surface area contributed by atoms with Crippen LogP contribution in [0.15, 0.2) is 72.8 Å². The van der Waals surface area contributed by atoms with Gasteiger partial charge in [-0.2, -0.15) is 10.2 Å². The van der Waals surface area contributed by atoms with Gasteiger partial charge in [-0.05, 0) is 60.2 Å². The maximum Gasteiger partial charge on any atom is 0.339 e. The van der Waals surface area contributed by atoms with Crippen molar-refractivity contribution >= 4 is 5.97 Å². The van der Waals surface area contributed by atoms with Gasteiger partial charge >= 0.3 is 5.97 Å². The van der Waals surface area contributed by atoms with Gasteiger partial charge < -0.3 is 10.5 Å². The van der Waals surface area contributed by atoms with Crippen molar-refractivity contribution in [2.24, 2.45) is 5.92 Å². The average Bonchev–Trinajstić information content (AvgIpc) is 3.30. The van der Waals surface area contributed by atoms with Gasteiger partial charge in [-0.1, -0.05) is 38.1 Å². The largest absolute Gasteiger partial charge is 0.478 e. The van der Waals surface area contributed by atoms with E-state index in [0.29, 0.717) is 0 Å². The zero-order valence-electron chi connectivity index (χ0n) is 22.2. The number of aromatic nitrogens is 4. The molecular formula is C30H31N7O2. The molecule has 1 aliphatic heterocycles. The molecule has 2 atom stereocenters. The number of nitrogens with one attached hydrogen (secondary N) is 2. The predicted molar refractivity (Wildman–Crippen MR) is 147 cm³/mol. The Morgan fingerprint density at radius 2 is 1.69 bits per heavy atom. The summed E-state index contributed by atoms with van der Waals surface area (Å²) in [6.07, 6.45) is 8.56. The molecule has 9 nitrogen and oxygen atoms in total. The molecule has 39 heavy (non-hydrogen) atoms. The molecule has 0 bridgehead atoms. The summed E-state index contributed by atoms with van der Waals surface area (Å²) in [6.45, 7) is 4.58. The quantitative estimate of drug-likeness (QED) is 0.342. The molecule has 2 aromatic carbocycles. The van der Waals surface area contributed by atoms with Crippen LogP contribution < -0.4 is 11.0 Å². The predicted octanol–water partition coefficient (Wildman–Crippen LogP) is 4.55. The lowest BCUT2D eigenvalue weighted by atomic mass is 9.90. The molecule has 7 rings (SSSR count). The third-order valence-corrected chi connectivity index (χ3v) is 8.31. The van der Waals surface area contributed by atoms with Crippen molar-refractivity contribution in [3.63, 3.8) is 0 Å². The van der Waals surface area contributed by atoms with Crippen LogP contribution in [0.1, 0.15) is 59.9 Å². The molecule has 4 aromatic rings. The summed E-state index contributed by atoms with van der Waals surface area (Å²) in [5.41, 5.74) is 15.0. The van der Waals surface area contributed by atoms with Crippen LogP contribution in [0.2, 0.25) is 0 Å². The smallest absolute Gasteiger partial charge is 0.339 e. The van der Waals surface area contributed by atoms with Crippen molar-refractivity contribution in [2.75, 3.05) is 7.05 Å². The summed E-state index contributed by atoms with van der Waals surface area (Å²) >= 11 is 0. The minimum Gasteiger partial charge on any atom is -0.478 e. The lowest BCUT2D eigenvalue weighted by molar-refractivity contribution is 0.0695. The first-order valence-electron chi connectivity index (χ1n) is 13.4. The normalized spacial score (nSPS) is 21.0. The lowest BCUT2D eigenvalue weighted by Crippen LogP contribution is -2.33. The number of aromatic carboxylic acids is 1. The second kappa shape index (κ2) is 8.57. The second-order valence-electron chi connectivity index (χ2n) is 11.5. The van der Waals surface area contributed by atoms with Crippen molar-refractivity contribution in [2.45, 2.75) is 44.4 Å². The highest BCUT2D eigenvalue weighted by Gasteiger charge is 2.46. The van der Waals surface area contributed by atoms with Crippen LogP contribution in [0.25, 0.3) is 22.5 Å². The van der Waals surface area contributed by atoms with Crippen molar-refractivity contribution < 1.29 is 9.90 Å². The number of nitrogens with zero attached hydrogens (tertiary/aromatic N) is 5. The van der Waals surface area contributed by atoms with Gasteiger partial charge in [-0.3, -0.25) is 5.01 Å². The number of rotatable bonds is 6. The highest BCUT2D eigenvalue weighted by Crippen LogP contribution is 2.52. The van der Waals surface area contributed by atoms with Gasteiger partial charge in [0.05, 0.1) is 35.2 Å². The molecule has 1 fully saturated rings. The Hall–Kier alpha value is -4.37. The first-order chi connectivity index (χ1) is 18.8. The highest BCUT2D eigenvalue weighted by atomic mass is 16.4. The van der Waals surface area contributed by atoms with E-state index >= 15 is 0 Å². The Morgan fingerprint density at radius 1 is 1.00 bits per heavy atom. The Balaban J connectivity index is 1.25. The van der Waals surface area contributed by atoms with Crippen molar-refractivity contribution in [3.8, 4) is 22.5 Å². The van der Waals surface area contributed by atoms with Crippen LogP contribution in [0.4, 0.5) is 0 Å². The fraction of sp³-hybridized carbons (Fsp3) is 0.300. The van der Waals surface area contributed by atoms with Crippen LogP contribution in [0, 0.1) is 5.92 Å². The van der Waals surface area contributed by atoms with E-state index in [2.05, 4.69) is 71.0 Å². The monoisotopic (exact) mass is 521 g/mol. The number of hydrogen-bond acceptors (Lipinski definition) is 6. The van der Waals surface area contributed by atoms with Crippen LogP contribution in [-0.2, 0) is 11.8 Å². The van der Waals surface area contributed by atoms with E-state index in [0.717, 1.165) is 53.2 Å². The van der Waals surface area contributed by atoms with E-state index in [-0.39, 0.29) is 22.8 Å². The third-order valence-electron chi connectivity index (χ3n) is 8.31. The molecule has 2 aliphatic carbocycles. The number of carboxylic acid groups (broad SMARTS) is 1. The van der Waals surface area contributed by atoms with Gasteiger partial charge in [0.15, 0.2) is 0 Å². The summed E-state index contributed by atoms with van der Waals surface area (Å²) in [7, 11) is 1.92. The molecule has 198 valence electrons. The number of aryl methyl sites for hydroxylation is 1. The minimum atomic E-state index is -0.955. The molecule has 3 heterocycles. The summed E-state index contributed by atoms with van der Waals surface area (Å²) in [5.74, 6) is -0.664. The minimum absolute atomic E-state index is 0.0721. The molecule has 3 N–H and O–H groups in total. The Labute approximate surface area is 226 Å². The number of benzene rings is 2. The third kappa shape index (κ3) is 3.92. The molecule has 0 unspecified atom stereocenters. The fourth-order valence-corrected chi connectivity index (χ4v) is 6.22. The maximum atomic E-state index is 12.1. The van der Waals surface area contributed by atoms with Gasteiger partial charge in [-0.25, -0.2) is 14.2 Å². The molecule has 1 saturated carbocycles. The molecule has 0 spiro atoms. The van der Waals surface area contributed by atoms with E-state index in [4.69, 9.17) is 5.10 Å². The van der Waals surface area contributed by atoms with E-state index in [1.165, 1.54) is 17.5 Å². The van der Waals surface area contributed by atoms with E-state index in [1.54, 1.807) is 4.68 Å². The average molecular weight is 522 g/mol. The molecular weight excluding hydrogens is 490 g/mol. The maximum absolute atomic E-state index is 12.1. The number of fused-ring (bicyclic) bond motifs is 1. The van der Waals surface area contributed by atoms with E-state index < -0.39 is 5.97 Å². The first-order valence-corrected chi connectivity index (χ1v) is 13.4. The van der Waals surface area contributed by atoms with Crippen LogP contribution >= 0.6 is 0 Å². The zero-order valence-corrected chi connectivity index (χ0v) is 22.2. The van der Waals surface area contributed by atoms with Crippen LogP contribution in [0.3, 0.4) is 0 Å².